The minimum Gasteiger partial charge on any atom is -0.392 e. The second kappa shape index (κ2) is 8.76. The fraction of sp³-hybridized carbons (Fsp3) is 0.350. The SMILES string of the molecule is O=C(CN1CCN(Cc2ccc(CO)cc2)CC1)Nc1ccccc1. The maximum absolute atomic E-state index is 12.1. The average Bonchev–Trinajstić information content (AvgIpc) is 2.65. The molecule has 5 nitrogen and oxygen atoms in total. The van der Waals surface area contributed by atoms with Gasteiger partial charge >= 0.3 is 0 Å². The summed E-state index contributed by atoms with van der Waals surface area (Å²) in [5.74, 6) is 0.0410. The molecule has 0 aliphatic carbocycles. The lowest BCUT2D eigenvalue weighted by atomic mass is 10.1. The molecule has 1 aliphatic rings. The summed E-state index contributed by atoms with van der Waals surface area (Å²) in [5.41, 5.74) is 3.04. The summed E-state index contributed by atoms with van der Waals surface area (Å²) in [6.07, 6.45) is 0. The van der Waals surface area contributed by atoms with E-state index in [1.165, 1.54) is 5.56 Å². The van der Waals surface area contributed by atoms with Gasteiger partial charge in [0.1, 0.15) is 0 Å². The molecule has 5 heteroatoms. The monoisotopic (exact) mass is 339 g/mol. The number of para-hydroxylation sites is 1. The van der Waals surface area contributed by atoms with Crippen molar-refractivity contribution in [2.75, 3.05) is 38.0 Å². The number of nitrogens with one attached hydrogen (secondary N) is 1. The summed E-state index contributed by atoms with van der Waals surface area (Å²) in [6, 6.07) is 17.7. The van der Waals surface area contributed by atoms with E-state index in [1.807, 2.05) is 42.5 Å². The Morgan fingerprint density at radius 2 is 1.48 bits per heavy atom. The standard InChI is InChI=1S/C20H25N3O2/c24-16-18-8-6-17(7-9-18)14-22-10-12-23(13-11-22)15-20(25)21-19-4-2-1-3-5-19/h1-9,24H,10-16H2,(H,21,25). The zero-order valence-electron chi connectivity index (χ0n) is 14.4. The molecule has 25 heavy (non-hydrogen) atoms. The largest absolute Gasteiger partial charge is 0.392 e. The van der Waals surface area contributed by atoms with Crippen molar-refractivity contribution in [2.45, 2.75) is 13.2 Å². The molecule has 1 fully saturated rings. The van der Waals surface area contributed by atoms with Crippen molar-refractivity contribution in [3.63, 3.8) is 0 Å². The van der Waals surface area contributed by atoms with Crippen LogP contribution in [0.3, 0.4) is 0 Å². The molecule has 0 atom stereocenters. The lowest BCUT2D eigenvalue weighted by molar-refractivity contribution is -0.117. The predicted octanol–water partition coefficient (Wildman–Crippen LogP) is 1.94. The summed E-state index contributed by atoms with van der Waals surface area (Å²) in [4.78, 5) is 16.7. The van der Waals surface area contributed by atoms with Gasteiger partial charge in [-0.2, -0.15) is 0 Å². The Bertz CT molecular complexity index is 665. The van der Waals surface area contributed by atoms with Gasteiger partial charge in [0.2, 0.25) is 5.91 Å². The highest BCUT2D eigenvalue weighted by molar-refractivity contribution is 5.92. The van der Waals surface area contributed by atoms with Gasteiger partial charge in [0.15, 0.2) is 0 Å². The lowest BCUT2D eigenvalue weighted by Crippen LogP contribution is -2.48. The Hall–Kier alpha value is -2.21. The topological polar surface area (TPSA) is 55.8 Å². The van der Waals surface area contributed by atoms with E-state index in [9.17, 15) is 4.79 Å². The molecule has 0 aromatic heterocycles. The molecule has 2 N–H and O–H groups in total. The molecule has 0 unspecified atom stereocenters. The fourth-order valence-electron chi connectivity index (χ4n) is 3.04. The molecule has 132 valence electrons. The maximum Gasteiger partial charge on any atom is 0.238 e. The summed E-state index contributed by atoms with van der Waals surface area (Å²) in [6.45, 7) is 5.16. The van der Waals surface area contributed by atoms with Gasteiger partial charge in [-0.3, -0.25) is 14.6 Å². The zero-order chi connectivity index (χ0) is 17.5. The number of nitrogens with zero attached hydrogens (tertiary/aromatic N) is 2. The number of amides is 1. The average molecular weight is 339 g/mol. The Kier molecular flexibility index (Phi) is 6.17. The molecule has 0 radical (unpaired) electrons. The van der Waals surface area contributed by atoms with Gasteiger partial charge in [-0.1, -0.05) is 42.5 Å². The second-order valence-electron chi connectivity index (χ2n) is 6.44. The van der Waals surface area contributed by atoms with Crippen molar-refractivity contribution in [1.29, 1.82) is 0 Å². The van der Waals surface area contributed by atoms with Crippen molar-refractivity contribution in [3.8, 4) is 0 Å². The number of hydrogen-bond acceptors (Lipinski definition) is 4. The molecule has 0 saturated carbocycles. The van der Waals surface area contributed by atoms with E-state index < -0.39 is 0 Å². The van der Waals surface area contributed by atoms with Crippen LogP contribution >= 0.6 is 0 Å². The maximum atomic E-state index is 12.1. The Labute approximate surface area is 148 Å². The van der Waals surface area contributed by atoms with Crippen LogP contribution in [0, 0.1) is 0 Å². The Morgan fingerprint density at radius 1 is 0.880 bits per heavy atom. The number of rotatable bonds is 6. The minimum absolute atomic E-state index is 0.0410. The van der Waals surface area contributed by atoms with Crippen LogP contribution in [0.1, 0.15) is 11.1 Å². The van der Waals surface area contributed by atoms with Crippen LogP contribution in [0.15, 0.2) is 54.6 Å². The molecule has 1 amide bonds. The van der Waals surface area contributed by atoms with Crippen molar-refractivity contribution in [2.24, 2.45) is 0 Å². The number of aliphatic hydroxyl groups is 1. The number of aliphatic hydroxyl groups excluding tert-OH is 1. The van der Waals surface area contributed by atoms with Gasteiger partial charge in [-0.05, 0) is 23.3 Å². The highest BCUT2D eigenvalue weighted by Crippen LogP contribution is 2.11. The molecule has 2 aromatic carbocycles. The van der Waals surface area contributed by atoms with Crippen LogP contribution in [0.4, 0.5) is 5.69 Å². The van der Waals surface area contributed by atoms with Crippen molar-refractivity contribution >= 4 is 11.6 Å². The van der Waals surface area contributed by atoms with Crippen LogP contribution in [0.25, 0.3) is 0 Å². The summed E-state index contributed by atoms with van der Waals surface area (Å²) < 4.78 is 0. The van der Waals surface area contributed by atoms with Gasteiger partial charge in [0.25, 0.3) is 0 Å². The van der Waals surface area contributed by atoms with Gasteiger partial charge in [0, 0.05) is 38.4 Å². The number of benzene rings is 2. The molecular weight excluding hydrogens is 314 g/mol. The third kappa shape index (κ3) is 5.39. The Balaban J connectivity index is 1.41. The normalized spacial score (nSPS) is 15.9. The summed E-state index contributed by atoms with van der Waals surface area (Å²) in [5, 5.41) is 12.0. The number of hydrogen-bond donors (Lipinski definition) is 2. The third-order valence-electron chi connectivity index (χ3n) is 4.50. The van der Waals surface area contributed by atoms with Crippen LogP contribution in [-0.2, 0) is 17.9 Å². The molecule has 2 aromatic rings. The summed E-state index contributed by atoms with van der Waals surface area (Å²) >= 11 is 0. The lowest BCUT2D eigenvalue weighted by Gasteiger charge is -2.34. The first-order valence-electron chi connectivity index (χ1n) is 8.71. The van der Waals surface area contributed by atoms with Crippen molar-refractivity contribution in [1.82, 2.24) is 9.80 Å². The first kappa shape index (κ1) is 17.6. The zero-order valence-corrected chi connectivity index (χ0v) is 14.4. The van der Waals surface area contributed by atoms with E-state index >= 15 is 0 Å². The first-order chi connectivity index (χ1) is 12.2. The van der Waals surface area contributed by atoms with Crippen molar-refractivity contribution in [3.05, 3.63) is 65.7 Å². The van der Waals surface area contributed by atoms with Crippen LogP contribution < -0.4 is 5.32 Å². The minimum atomic E-state index is 0.0410. The number of piperazine rings is 1. The van der Waals surface area contributed by atoms with Crippen LogP contribution in [0.5, 0.6) is 0 Å². The highest BCUT2D eigenvalue weighted by atomic mass is 16.3. The van der Waals surface area contributed by atoms with Gasteiger partial charge in [-0.15, -0.1) is 0 Å². The van der Waals surface area contributed by atoms with Crippen LogP contribution in [0.2, 0.25) is 0 Å². The van der Waals surface area contributed by atoms with E-state index in [0.29, 0.717) is 6.54 Å². The van der Waals surface area contributed by atoms with E-state index in [2.05, 4.69) is 27.2 Å². The number of carbonyl (C=O) groups excluding carboxylic acids is 1. The van der Waals surface area contributed by atoms with E-state index in [4.69, 9.17) is 5.11 Å². The number of anilines is 1. The van der Waals surface area contributed by atoms with E-state index in [0.717, 1.165) is 44.0 Å². The fourth-order valence-corrected chi connectivity index (χ4v) is 3.04. The number of carbonyl (C=O) groups is 1. The van der Waals surface area contributed by atoms with E-state index in [1.54, 1.807) is 0 Å². The third-order valence-corrected chi connectivity index (χ3v) is 4.50. The van der Waals surface area contributed by atoms with Gasteiger partial charge < -0.3 is 10.4 Å². The molecule has 1 heterocycles. The predicted molar refractivity (Wildman–Crippen MR) is 99.2 cm³/mol. The molecular formula is C20H25N3O2. The highest BCUT2D eigenvalue weighted by Gasteiger charge is 2.19. The smallest absolute Gasteiger partial charge is 0.238 e. The quantitative estimate of drug-likeness (QED) is 0.844. The summed E-state index contributed by atoms with van der Waals surface area (Å²) in [7, 11) is 0. The molecule has 0 spiro atoms. The Morgan fingerprint density at radius 3 is 2.12 bits per heavy atom. The van der Waals surface area contributed by atoms with Crippen molar-refractivity contribution < 1.29 is 9.90 Å². The van der Waals surface area contributed by atoms with Crippen LogP contribution in [-0.4, -0.2) is 53.5 Å². The molecule has 1 aliphatic heterocycles. The van der Waals surface area contributed by atoms with E-state index in [-0.39, 0.29) is 12.5 Å². The van der Waals surface area contributed by atoms with Gasteiger partial charge in [0.05, 0.1) is 13.2 Å². The molecule has 0 bridgehead atoms. The molecule has 3 rings (SSSR count). The second-order valence-corrected chi connectivity index (χ2v) is 6.44. The molecule has 1 saturated heterocycles. The first-order valence-corrected chi connectivity index (χ1v) is 8.71. The van der Waals surface area contributed by atoms with Gasteiger partial charge in [-0.25, -0.2) is 0 Å².